The van der Waals surface area contributed by atoms with Crippen LogP contribution in [-0.2, 0) is 0 Å². The minimum Gasteiger partial charge on any atom is -0.0655 e. The summed E-state index contributed by atoms with van der Waals surface area (Å²) in [5.41, 5.74) is 0.453. The van der Waals surface area contributed by atoms with Crippen LogP contribution in [0.5, 0.6) is 0 Å². The molecule has 0 aromatic rings. The molecule has 0 spiro atoms. The fourth-order valence-corrected chi connectivity index (χ4v) is 4.29. The molecule has 2 saturated heterocycles. The maximum absolute atomic E-state index is 2.84. The second-order valence-corrected chi connectivity index (χ2v) is 7.68. The van der Waals surface area contributed by atoms with Crippen molar-refractivity contribution in [3.8, 4) is 0 Å². The minimum atomic E-state index is 0.453. The Kier molecular flexibility index (Phi) is 3.67. The number of hydrogen-bond acceptors (Lipinski definition) is 0. The van der Waals surface area contributed by atoms with Gasteiger partial charge in [0.15, 0.2) is 0 Å². The Hall–Kier alpha value is 0.0649. The standard InChI is InChI=1S/C16H30B/c1-5-15-10-8-6-7-9-11-16(17-15,13-12-15)14(2,3)4/h5-13H2,1-4H3. The first-order valence-corrected chi connectivity index (χ1v) is 7.80. The van der Waals surface area contributed by atoms with E-state index in [0.717, 1.165) is 0 Å². The molecule has 1 radical (unpaired) electrons. The average molecular weight is 233 g/mol. The largest absolute Gasteiger partial charge is 0.127 e. The maximum Gasteiger partial charge on any atom is 0.127 e. The highest BCUT2D eigenvalue weighted by atomic mass is 14.5. The van der Waals surface area contributed by atoms with Gasteiger partial charge in [-0.3, -0.25) is 0 Å². The lowest BCUT2D eigenvalue weighted by molar-refractivity contribution is 0.230. The van der Waals surface area contributed by atoms with Crippen LogP contribution in [-0.4, -0.2) is 7.28 Å². The van der Waals surface area contributed by atoms with Crippen molar-refractivity contribution in [2.75, 3.05) is 0 Å². The van der Waals surface area contributed by atoms with Gasteiger partial charge in [0.2, 0.25) is 0 Å². The summed E-state index contributed by atoms with van der Waals surface area (Å²) in [6.45, 7) is 9.81. The smallest absolute Gasteiger partial charge is 0.0655 e. The van der Waals surface area contributed by atoms with Gasteiger partial charge in [-0.25, -0.2) is 0 Å². The third-order valence-corrected chi connectivity index (χ3v) is 5.90. The van der Waals surface area contributed by atoms with E-state index in [-0.39, 0.29) is 0 Å². The predicted octanol–water partition coefficient (Wildman–Crippen LogP) is 5.61. The number of fused-ring (bicyclic) bond motifs is 2. The molecule has 2 atom stereocenters. The van der Waals surface area contributed by atoms with Crippen molar-refractivity contribution in [1.29, 1.82) is 0 Å². The average Bonchev–Trinajstić information content (AvgIpc) is 2.68. The summed E-state index contributed by atoms with van der Waals surface area (Å²) in [5, 5.41) is 1.13. The fraction of sp³-hybridized carbons (Fsp3) is 1.00. The van der Waals surface area contributed by atoms with Crippen LogP contribution in [0, 0.1) is 5.41 Å². The minimum absolute atomic E-state index is 0.453. The highest BCUT2D eigenvalue weighted by Gasteiger charge is 2.52. The van der Waals surface area contributed by atoms with Crippen LogP contribution in [0.25, 0.3) is 0 Å². The van der Waals surface area contributed by atoms with Crippen molar-refractivity contribution in [2.24, 2.45) is 5.41 Å². The Morgan fingerprint density at radius 3 is 2.12 bits per heavy atom. The van der Waals surface area contributed by atoms with Gasteiger partial charge in [0.05, 0.1) is 0 Å². The molecule has 17 heavy (non-hydrogen) atoms. The van der Waals surface area contributed by atoms with Crippen LogP contribution in [0.15, 0.2) is 0 Å². The molecule has 0 amide bonds. The van der Waals surface area contributed by atoms with Crippen LogP contribution < -0.4 is 0 Å². The van der Waals surface area contributed by atoms with Gasteiger partial charge in [-0.05, 0) is 5.41 Å². The van der Waals surface area contributed by atoms with Gasteiger partial charge in [-0.1, -0.05) is 96.1 Å². The van der Waals surface area contributed by atoms with E-state index in [1.807, 2.05) is 0 Å². The van der Waals surface area contributed by atoms with Crippen molar-refractivity contribution < 1.29 is 0 Å². The van der Waals surface area contributed by atoms with E-state index in [9.17, 15) is 0 Å². The summed E-state index contributed by atoms with van der Waals surface area (Å²) in [5.74, 6) is 0. The van der Waals surface area contributed by atoms with Crippen molar-refractivity contribution in [2.45, 2.75) is 96.1 Å². The van der Waals surface area contributed by atoms with E-state index in [1.165, 1.54) is 57.8 Å². The Bertz CT molecular complexity index is 261. The summed E-state index contributed by atoms with van der Waals surface area (Å²) in [4.78, 5) is 0. The number of rotatable bonds is 1. The molecule has 0 aromatic heterocycles. The molecule has 2 aliphatic heterocycles. The van der Waals surface area contributed by atoms with Crippen LogP contribution in [0.1, 0.15) is 85.5 Å². The van der Waals surface area contributed by atoms with Gasteiger partial charge in [-0.15, -0.1) is 0 Å². The van der Waals surface area contributed by atoms with Crippen LogP contribution >= 0.6 is 0 Å². The summed E-state index contributed by atoms with van der Waals surface area (Å²) in [6, 6.07) is 0. The molecule has 0 nitrogen and oxygen atoms in total. The first-order chi connectivity index (χ1) is 7.93. The van der Waals surface area contributed by atoms with E-state index in [2.05, 4.69) is 35.0 Å². The molecule has 2 unspecified atom stereocenters. The lowest BCUT2D eigenvalue weighted by Gasteiger charge is -2.43. The Labute approximate surface area is 109 Å². The zero-order chi connectivity index (χ0) is 12.6. The van der Waals surface area contributed by atoms with Gasteiger partial charge in [0, 0.05) is 0 Å². The van der Waals surface area contributed by atoms with Gasteiger partial charge >= 0.3 is 0 Å². The Morgan fingerprint density at radius 1 is 0.882 bits per heavy atom. The van der Waals surface area contributed by atoms with E-state index in [4.69, 9.17) is 0 Å². The second kappa shape index (κ2) is 4.63. The van der Waals surface area contributed by atoms with Crippen LogP contribution in [0.3, 0.4) is 0 Å². The summed E-state index contributed by atoms with van der Waals surface area (Å²) < 4.78 is 0. The lowest BCUT2D eigenvalue weighted by Crippen LogP contribution is -2.33. The molecule has 2 bridgehead atoms. The Morgan fingerprint density at radius 2 is 1.53 bits per heavy atom. The summed E-state index contributed by atoms with van der Waals surface area (Å²) in [6.07, 6.45) is 13.0. The molecule has 1 heteroatoms. The molecule has 2 heterocycles. The molecule has 0 aliphatic carbocycles. The van der Waals surface area contributed by atoms with Gasteiger partial charge in [-0.2, -0.15) is 0 Å². The highest BCUT2D eigenvalue weighted by Crippen LogP contribution is 2.66. The zero-order valence-electron chi connectivity index (χ0n) is 12.4. The molecule has 2 aliphatic rings. The van der Waals surface area contributed by atoms with Crippen molar-refractivity contribution >= 4 is 7.28 Å². The first-order valence-electron chi connectivity index (χ1n) is 7.80. The predicted molar refractivity (Wildman–Crippen MR) is 77.8 cm³/mol. The molecule has 0 N–H and O–H groups in total. The maximum atomic E-state index is 2.84. The quantitative estimate of drug-likeness (QED) is 0.516. The van der Waals surface area contributed by atoms with E-state index < -0.39 is 0 Å². The van der Waals surface area contributed by atoms with Crippen molar-refractivity contribution in [3.63, 3.8) is 0 Å². The summed E-state index contributed by atoms with van der Waals surface area (Å²) in [7, 11) is 2.84. The van der Waals surface area contributed by atoms with Crippen LogP contribution in [0.2, 0.25) is 10.6 Å². The van der Waals surface area contributed by atoms with Crippen molar-refractivity contribution in [1.82, 2.24) is 0 Å². The molecular weight excluding hydrogens is 203 g/mol. The van der Waals surface area contributed by atoms with Crippen molar-refractivity contribution in [3.05, 3.63) is 0 Å². The molecule has 97 valence electrons. The zero-order valence-corrected chi connectivity index (χ0v) is 12.4. The number of hydrogen-bond donors (Lipinski definition) is 0. The van der Waals surface area contributed by atoms with E-state index >= 15 is 0 Å². The van der Waals surface area contributed by atoms with Crippen LogP contribution in [0.4, 0.5) is 0 Å². The third kappa shape index (κ3) is 2.44. The molecule has 0 aromatic carbocycles. The third-order valence-electron chi connectivity index (χ3n) is 5.90. The normalized spacial score (nSPS) is 39.1. The SMILES string of the molecule is CCC12[B]C(C(C)(C)C)(CCCCCC1)CC2. The topological polar surface area (TPSA) is 0 Å². The summed E-state index contributed by atoms with van der Waals surface area (Å²) >= 11 is 0. The Balaban J connectivity index is 2.26. The van der Waals surface area contributed by atoms with E-state index in [0.29, 0.717) is 16.0 Å². The first kappa shape index (κ1) is 13.5. The van der Waals surface area contributed by atoms with Gasteiger partial charge in [0.25, 0.3) is 0 Å². The molecular formula is C16H30B. The van der Waals surface area contributed by atoms with Gasteiger partial charge < -0.3 is 0 Å². The molecule has 2 fully saturated rings. The molecule has 0 saturated carbocycles. The second-order valence-electron chi connectivity index (χ2n) is 7.68. The van der Waals surface area contributed by atoms with E-state index in [1.54, 1.807) is 0 Å². The van der Waals surface area contributed by atoms with Gasteiger partial charge in [0.1, 0.15) is 7.28 Å². The fourth-order valence-electron chi connectivity index (χ4n) is 4.29. The monoisotopic (exact) mass is 233 g/mol. The highest BCUT2D eigenvalue weighted by molar-refractivity contribution is 6.46. The lowest BCUT2D eigenvalue weighted by atomic mass is 9.36. The molecule has 2 rings (SSSR count).